The highest BCUT2D eigenvalue weighted by molar-refractivity contribution is 6.08. The molecule has 2 aromatic rings. The van der Waals surface area contributed by atoms with Gasteiger partial charge >= 0.3 is 0 Å². The lowest BCUT2D eigenvalue weighted by Gasteiger charge is -2.18. The van der Waals surface area contributed by atoms with E-state index in [2.05, 4.69) is 10.3 Å². The first-order valence-electron chi connectivity index (χ1n) is 6.11. The van der Waals surface area contributed by atoms with Crippen LogP contribution in [0.2, 0.25) is 0 Å². The molecule has 98 valence electrons. The van der Waals surface area contributed by atoms with Crippen molar-refractivity contribution in [2.75, 3.05) is 24.3 Å². The van der Waals surface area contributed by atoms with E-state index in [1.54, 1.807) is 18.1 Å². The van der Waals surface area contributed by atoms with Gasteiger partial charge in [0.2, 0.25) is 0 Å². The fraction of sp³-hybridized carbons (Fsp3) is 0.200. The number of hydrogen-bond acceptors (Lipinski definition) is 3. The van der Waals surface area contributed by atoms with Gasteiger partial charge < -0.3 is 5.32 Å². The number of carbonyl (C=O) groups excluding carboxylic acids is 1. The number of anilines is 2. The van der Waals surface area contributed by atoms with Gasteiger partial charge in [-0.05, 0) is 31.2 Å². The highest BCUT2D eigenvalue weighted by Gasteiger charge is 2.17. The summed E-state index contributed by atoms with van der Waals surface area (Å²) in [6.45, 7) is 1.97. The zero-order valence-corrected chi connectivity index (χ0v) is 11.3. The second-order valence-electron chi connectivity index (χ2n) is 4.35. The maximum absolute atomic E-state index is 12.5. The number of hydrogen-bond donors (Lipinski definition) is 1. The molecule has 19 heavy (non-hydrogen) atoms. The van der Waals surface area contributed by atoms with E-state index in [0.717, 1.165) is 11.3 Å². The Labute approximate surface area is 113 Å². The first-order valence-corrected chi connectivity index (χ1v) is 6.11. The van der Waals surface area contributed by atoms with Crippen molar-refractivity contribution < 1.29 is 4.79 Å². The molecule has 2 rings (SSSR count). The Morgan fingerprint density at radius 2 is 2.05 bits per heavy atom. The van der Waals surface area contributed by atoms with Gasteiger partial charge in [-0.15, -0.1) is 0 Å². The van der Waals surface area contributed by atoms with Crippen LogP contribution >= 0.6 is 0 Å². The molecular formula is C15H17N3O. The van der Waals surface area contributed by atoms with Crippen LogP contribution < -0.4 is 10.2 Å². The molecule has 0 fully saturated rings. The Kier molecular flexibility index (Phi) is 3.80. The molecule has 0 aliphatic heterocycles. The molecule has 0 aliphatic carbocycles. The zero-order chi connectivity index (χ0) is 13.8. The lowest BCUT2D eigenvalue weighted by atomic mass is 10.1. The summed E-state index contributed by atoms with van der Waals surface area (Å²) in [5.74, 6) is 0.558. The van der Waals surface area contributed by atoms with Crippen molar-refractivity contribution in [2.45, 2.75) is 6.92 Å². The first kappa shape index (κ1) is 13.1. The number of pyridine rings is 1. The molecule has 0 saturated heterocycles. The standard InChI is InChI=1S/C15H17N3O/c1-11-7-8-13(16-2)12(10-11)15(19)18(3)14-6-4-5-9-17-14/h4-10,16H,1-3H3. The first-order chi connectivity index (χ1) is 9.13. The molecule has 0 radical (unpaired) electrons. The second-order valence-corrected chi connectivity index (χ2v) is 4.35. The quantitative estimate of drug-likeness (QED) is 0.917. The van der Waals surface area contributed by atoms with E-state index < -0.39 is 0 Å². The number of carbonyl (C=O) groups is 1. The minimum absolute atomic E-state index is 0.0771. The van der Waals surface area contributed by atoms with Gasteiger partial charge in [-0.1, -0.05) is 17.7 Å². The van der Waals surface area contributed by atoms with E-state index in [-0.39, 0.29) is 5.91 Å². The fourth-order valence-electron chi connectivity index (χ4n) is 1.89. The van der Waals surface area contributed by atoms with E-state index in [1.807, 2.05) is 50.4 Å². The summed E-state index contributed by atoms with van der Waals surface area (Å²) in [7, 11) is 3.54. The van der Waals surface area contributed by atoms with E-state index in [9.17, 15) is 4.79 Å². The molecule has 4 nitrogen and oxygen atoms in total. The van der Waals surface area contributed by atoms with Gasteiger partial charge in [0.1, 0.15) is 5.82 Å². The third kappa shape index (κ3) is 2.73. The van der Waals surface area contributed by atoms with Crippen LogP contribution in [0.4, 0.5) is 11.5 Å². The van der Waals surface area contributed by atoms with E-state index >= 15 is 0 Å². The van der Waals surface area contributed by atoms with Crippen LogP contribution in [0.3, 0.4) is 0 Å². The van der Waals surface area contributed by atoms with Crippen LogP contribution in [0.1, 0.15) is 15.9 Å². The topological polar surface area (TPSA) is 45.2 Å². The Balaban J connectivity index is 2.37. The summed E-state index contributed by atoms with van der Waals surface area (Å²) in [6, 6.07) is 11.3. The van der Waals surface area contributed by atoms with Crippen LogP contribution in [0, 0.1) is 6.92 Å². The van der Waals surface area contributed by atoms with Gasteiger partial charge in [-0.2, -0.15) is 0 Å². The molecule has 0 spiro atoms. The normalized spacial score (nSPS) is 10.1. The molecule has 4 heteroatoms. The number of aromatic nitrogens is 1. The molecule has 1 N–H and O–H groups in total. The van der Waals surface area contributed by atoms with Gasteiger partial charge in [-0.25, -0.2) is 4.98 Å². The lowest BCUT2D eigenvalue weighted by molar-refractivity contribution is 0.0993. The van der Waals surface area contributed by atoms with Crippen molar-refractivity contribution in [3.05, 3.63) is 53.7 Å². The number of nitrogens with one attached hydrogen (secondary N) is 1. The summed E-state index contributed by atoms with van der Waals surface area (Å²) in [5, 5.41) is 3.04. The summed E-state index contributed by atoms with van der Waals surface area (Å²) < 4.78 is 0. The summed E-state index contributed by atoms with van der Waals surface area (Å²) in [4.78, 5) is 18.3. The molecule has 1 amide bonds. The number of amides is 1. The third-order valence-electron chi connectivity index (χ3n) is 2.97. The van der Waals surface area contributed by atoms with Crippen LogP contribution in [0.5, 0.6) is 0 Å². The fourth-order valence-corrected chi connectivity index (χ4v) is 1.89. The second kappa shape index (κ2) is 5.52. The summed E-state index contributed by atoms with van der Waals surface area (Å²) in [6.07, 6.45) is 1.67. The minimum Gasteiger partial charge on any atom is -0.387 e. The van der Waals surface area contributed by atoms with Crippen LogP contribution in [0.15, 0.2) is 42.6 Å². The maximum Gasteiger partial charge on any atom is 0.261 e. The molecule has 1 heterocycles. The van der Waals surface area contributed by atoms with E-state index in [4.69, 9.17) is 0 Å². The highest BCUT2D eigenvalue weighted by atomic mass is 16.2. The Hall–Kier alpha value is -2.36. The zero-order valence-electron chi connectivity index (χ0n) is 11.3. The van der Waals surface area contributed by atoms with Gasteiger partial charge in [0, 0.05) is 26.0 Å². The third-order valence-corrected chi connectivity index (χ3v) is 2.97. The van der Waals surface area contributed by atoms with Crippen LogP contribution in [-0.2, 0) is 0 Å². The van der Waals surface area contributed by atoms with Gasteiger partial charge in [0.05, 0.1) is 5.56 Å². The van der Waals surface area contributed by atoms with Gasteiger partial charge in [0.15, 0.2) is 0 Å². The minimum atomic E-state index is -0.0771. The lowest BCUT2D eigenvalue weighted by Crippen LogP contribution is -2.27. The highest BCUT2D eigenvalue weighted by Crippen LogP contribution is 2.20. The van der Waals surface area contributed by atoms with Crippen LogP contribution in [-0.4, -0.2) is 25.0 Å². The SMILES string of the molecule is CNc1ccc(C)cc1C(=O)N(C)c1ccccn1. The van der Waals surface area contributed by atoms with Gasteiger partial charge in [0.25, 0.3) is 5.91 Å². The molecule has 0 atom stereocenters. The molecule has 0 aliphatic rings. The summed E-state index contributed by atoms with van der Waals surface area (Å²) in [5.41, 5.74) is 2.52. The smallest absolute Gasteiger partial charge is 0.261 e. The number of aryl methyl sites for hydroxylation is 1. The van der Waals surface area contributed by atoms with Crippen molar-refractivity contribution in [2.24, 2.45) is 0 Å². The molecular weight excluding hydrogens is 238 g/mol. The average Bonchev–Trinajstić information content (AvgIpc) is 2.46. The van der Waals surface area contributed by atoms with Crippen molar-refractivity contribution in [1.82, 2.24) is 4.98 Å². The Bertz CT molecular complexity index is 581. The molecule has 0 bridgehead atoms. The molecule has 0 unspecified atom stereocenters. The number of rotatable bonds is 3. The van der Waals surface area contributed by atoms with E-state index in [0.29, 0.717) is 11.4 Å². The predicted molar refractivity (Wildman–Crippen MR) is 77.7 cm³/mol. The number of nitrogens with zero attached hydrogens (tertiary/aromatic N) is 2. The summed E-state index contributed by atoms with van der Waals surface area (Å²) >= 11 is 0. The van der Waals surface area contributed by atoms with Crippen molar-refractivity contribution in [3.63, 3.8) is 0 Å². The van der Waals surface area contributed by atoms with Crippen molar-refractivity contribution >= 4 is 17.4 Å². The molecule has 1 aromatic heterocycles. The van der Waals surface area contributed by atoms with E-state index in [1.165, 1.54) is 0 Å². The molecule has 0 saturated carbocycles. The van der Waals surface area contributed by atoms with Crippen molar-refractivity contribution in [3.8, 4) is 0 Å². The number of benzene rings is 1. The van der Waals surface area contributed by atoms with Crippen molar-refractivity contribution in [1.29, 1.82) is 0 Å². The Morgan fingerprint density at radius 3 is 2.68 bits per heavy atom. The monoisotopic (exact) mass is 255 g/mol. The average molecular weight is 255 g/mol. The Morgan fingerprint density at radius 1 is 1.26 bits per heavy atom. The largest absolute Gasteiger partial charge is 0.387 e. The van der Waals surface area contributed by atoms with Crippen LogP contribution in [0.25, 0.3) is 0 Å². The molecule has 1 aromatic carbocycles. The van der Waals surface area contributed by atoms with Gasteiger partial charge in [-0.3, -0.25) is 9.69 Å². The predicted octanol–water partition coefficient (Wildman–Crippen LogP) is 2.71. The maximum atomic E-state index is 12.5.